The van der Waals surface area contributed by atoms with Crippen LogP contribution in [0.5, 0.6) is 0 Å². The van der Waals surface area contributed by atoms with Crippen molar-refractivity contribution in [3.05, 3.63) is 16.0 Å². The Kier molecular flexibility index (Phi) is 8.49. The number of halogens is 16. The van der Waals surface area contributed by atoms with Crippen LogP contribution in [0, 0.1) is 6.92 Å². The van der Waals surface area contributed by atoms with Gasteiger partial charge < -0.3 is 11.1 Å². The Balaban J connectivity index is 3.64. The number of carbonyl (C=O) groups excluding carboxylic acids is 2. The van der Waals surface area contributed by atoms with E-state index in [-0.39, 0.29) is 28.2 Å². The molecule has 0 atom stereocenters. The van der Waals surface area contributed by atoms with Gasteiger partial charge >= 0.3 is 53.8 Å². The molecule has 4 nitrogen and oxygen atoms in total. The van der Waals surface area contributed by atoms with Crippen LogP contribution in [0.2, 0.25) is 0 Å². The molecule has 0 aromatic carbocycles. The highest BCUT2D eigenvalue weighted by Gasteiger charge is 2.94. The van der Waals surface area contributed by atoms with Crippen LogP contribution in [0.25, 0.3) is 0 Å². The Morgan fingerprint density at radius 2 is 1.18 bits per heavy atom. The van der Waals surface area contributed by atoms with Gasteiger partial charge in [-0.15, -0.1) is 11.3 Å². The lowest BCUT2D eigenvalue weighted by Crippen LogP contribution is -2.74. The van der Waals surface area contributed by atoms with Crippen LogP contribution in [-0.4, -0.2) is 59.7 Å². The number of anilines is 1. The fourth-order valence-electron chi connectivity index (χ4n) is 2.81. The van der Waals surface area contributed by atoms with E-state index in [1.54, 1.807) is 0 Å². The van der Waals surface area contributed by atoms with Crippen molar-refractivity contribution < 1.29 is 79.8 Å². The van der Waals surface area contributed by atoms with E-state index in [0.717, 1.165) is 12.2 Å². The molecule has 0 aliphatic carbocycles. The van der Waals surface area contributed by atoms with E-state index in [0.29, 0.717) is 0 Å². The number of carbonyl (C=O) groups is 2. The van der Waals surface area contributed by atoms with E-state index in [9.17, 15) is 79.8 Å². The minimum absolute atomic E-state index is 0.00497. The Morgan fingerprint density at radius 3 is 1.55 bits per heavy atom. The molecule has 0 fully saturated rings. The molecule has 0 spiro atoms. The zero-order valence-corrected chi connectivity index (χ0v) is 19.0. The van der Waals surface area contributed by atoms with Crippen molar-refractivity contribution in [2.24, 2.45) is 5.73 Å². The van der Waals surface area contributed by atoms with E-state index < -0.39 is 70.3 Å². The van der Waals surface area contributed by atoms with Gasteiger partial charge in [-0.2, -0.15) is 61.5 Å². The van der Waals surface area contributed by atoms with E-state index in [2.05, 4.69) is 0 Å². The lowest BCUT2D eigenvalue weighted by molar-refractivity contribution is -0.443. The van der Waals surface area contributed by atoms with Crippen molar-refractivity contribution in [1.82, 2.24) is 0 Å². The molecule has 0 aliphatic heterocycles. The number of nitrogens with two attached hydrogens (primary N) is 1. The monoisotopic (exact) mass is 612 g/mol. The Bertz CT molecular complexity index is 1080. The quantitative estimate of drug-likeness (QED) is 0.286. The summed E-state index contributed by atoms with van der Waals surface area (Å²) in [5.41, 5.74) is 4.01. The summed E-state index contributed by atoms with van der Waals surface area (Å²) >= 11 is 0.155. The number of thiophene rings is 1. The Hall–Kier alpha value is -2.48. The second-order valence-corrected chi connectivity index (χ2v) is 8.61. The number of nitrogens with one attached hydrogen (secondary N) is 1. The fraction of sp³-hybridized carbons (Fsp3) is 0.647. The molecule has 21 heteroatoms. The van der Waals surface area contributed by atoms with Crippen LogP contribution in [0.15, 0.2) is 0 Å². The van der Waals surface area contributed by atoms with Gasteiger partial charge in [0.25, 0.3) is 5.91 Å². The van der Waals surface area contributed by atoms with E-state index in [1.807, 2.05) is 0 Å². The van der Waals surface area contributed by atoms with Crippen LogP contribution >= 0.6 is 11.3 Å². The van der Waals surface area contributed by atoms with Crippen molar-refractivity contribution in [1.29, 1.82) is 0 Å². The molecule has 1 aromatic rings. The first-order valence-corrected chi connectivity index (χ1v) is 10.1. The highest BCUT2D eigenvalue weighted by atomic mass is 32.1. The molecule has 0 saturated heterocycles. The topological polar surface area (TPSA) is 72.2 Å². The van der Waals surface area contributed by atoms with E-state index in [4.69, 9.17) is 5.73 Å². The standard InChI is InChI=1S/C17H12F16N2O2S/c1-3-5-4(2)38-8(6(5)7(34)36)35-10(37)12(22,23)14(26,27)16(30,31)17(32,33)15(28,29)13(24,25)11(20,21)9(18)19/h9H,3H2,1-2H3,(H2,34,36)(H,35,37). The molecule has 0 radical (unpaired) electrons. The summed E-state index contributed by atoms with van der Waals surface area (Å²) in [4.78, 5) is 23.2. The summed E-state index contributed by atoms with van der Waals surface area (Å²) in [5, 5.41) is -0.348. The average Bonchev–Trinajstić information content (AvgIpc) is 3.07. The summed E-state index contributed by atoms with van der Waals surface area (Å²) in [6.07, 6.45) is -6.08. The average molecular weight is 612 g/mol. The molecular formula is C17H12F16N2O2S. The molecule has 1 aromatic heterocycles. The second-order valence-electron chi connectivity index (χ2n) is 7.38. The molecule has 38 heavy (non-hydrogen) atoms. The summed E-state index contributed by atoms with van der Waals surface area (Å²) in [6.45, 7) is 2.48. The van der Waals surface area contributed by atoms with Crippen LogP contribution < -0.4 is 11.1 Å². The largest absolute Gasteiger partial charge is 0.393 e. The molecule has 0 aliphatic rings. The van der Waals surface area contributed by atoms with Gasteiger partial charge in [0, 0.05) is 4.88 Å². The zero-order chi connectivity index (χ0) is 30.7. The van der Waals surface area contributed by atoms with Gasteiger partial charge in [0.15, 0.2) is 0 Å². The van der Waals surface area contributed by atoms with E-state index in [1.165, 1.54) is 6.92 Å². The van der Waals surface area contributed by atoms with Gasteiger partial charge in [0.2, 0.25) is 0 Å². The first-order chi connectivity index (χ1) is 16.6. The smallest absolute Gasteiger partial charge is 0.365 e. The summed E-state index contributed by atoms with van der Waals surface area (Å²) in [5.74, 6) is -61.9. The Labute approximate surface area is 204 Å². The number of alkyl halides is 16. The predicted molar refractivity (Wildman–Crippen MR) is 96.2 cm³/mol. The number of hydrogen-bond donors (Lipinski definition) is 2. The van der Waals surface area contributed by atoms with Gasteiger partial charge in [-0.1, -0.05) is 6.92 Å². The number of amides is 2. The highest BCUT2D eigenvalue weighted by Crippen LogP contribution is 2.62. The third-order valence-corrected chi connectivity index (χ3v) is 6.05. The number of hydrogen-bond acceptors (Lipinski definition) is 3. The maximum atomic E-state index is 14.1. The molecule has 1 rings (SSSR count). The number of rotatable bonds is 11. The third-order valence-electron chi connectivity index (χ3n) is 4.99. The molecule has 220 valence electrons. The van der Waals surface area contributed by atoms with Crippen molar-refractivity contribution in [2.45, 2.75) is 68.2 Å². The second kappa shape index (κ2) is 9.61. The molecule has 0 saturated carbocycles. The molecule has 2 amide bonds. The maximum absolute atomic E-state index is 14.1. The van der Waals surface area contributed by atoms with Crippen LogP contribution in [0.3, 0.4) is 0 Å². The van der Waals surface area contributed by atoms with Crippen LogP contribution in [-0.2, 0) is 11.2 Å². The molecular weight excluding hydrogens is 600 g/mol. The maximum Gasteiger partial charge on any atom is 0.393 e. The van der Waals surface area contributed by atoms with Crippen molar-refractivity contribution in [3.8, 4) is 0 Å². The SMILES string of the molecule is CCc1c(C)sc(NC(=O)C(F)(F)C(F)(F)C(F)(F)C(F)(F)C(F)(F)C(F)(F)C(F)(F)C(F)F)c1C(N)=O. The fourth-order valence-corrected chi connectivity index (χ4v) is 3.96. The summed E-state index contributed by atoms with van der Waals surface area (Å²) < 4.78 is 214. The minimum atomic E-state index is -8.62. The molecule has 0 bridgehead atoms. The van der Waals surface area contributed by atoms with E-state index >= 15 is 0 Å². The van der Waals surface area contributed by atoms with Crippen molar-refractivity contribution in [3.63, 3.8) is 0 Å². The lowest BCUT2D eigenvalue weighted by Gasteiger charge is -2.42. The molecule has 3 N–H and O–H groups in total. The summed E-state index contributed by atoms with van der Waals surface area (Å²) in [7, 11) is 0. The zero-order valence-electron chi connectivity index (χ0n) is 18.1. The summed E-state index contributed by atoms with van der Waals surface area (Å²) in [6, 6.07) is 0. The van der Waals surface area contributed by atoms with Crippen molar-refractivity contribution >= 4 is 28.2 Å². The minimum Gasteiger partial charge on any atom is -0.365 e. The van der Waals surface area contributed by atoms with Crippen LogP contribution in [0.1, 0.15) is 27.7 Å². The normalized spacial score (nSPS) is 14.7. The first kappa shape index (κ1) is 33.5. The van der Waals surface area contributed by atoms with Gasteiger partial charge in [0.05, 0.1) is 5.56 Å². The van der Waals surface area contributed by atoms with Crippen molar-refractivity contribution in [2.75, 3.05) is 5.32 Å². The van der Waals surface area contributed by atoms with Gasteiger partial charge in [-0.3, -0.25) is 9.59 Å². The molecule has 0 unspecified atom stereocenters. The van der Waals surface area contributed by atoms with Gasteiger partial charge in [0.1, 0.15) is 5.00 Å². The Morgan fingerprint density at radius 1 is 0.789 bits per heavy atom. The third kappa shape index (κ3) is 4.42. The van der Waals surface area contributed by atoms with Gasteiger partial charge in [-0.25, -0.2) is 8.78 Å². The first-order valence-electron chi connectivity index (χ1n) is 9.29. The lowest BCUT2D eigenvalue weighted by atomic mass is 9.89. The highest BCUT2D eigenvalue weighted by molar-refractivity contribution is 7.16. The molecule has 1 heterocycles. The number of aryl methyl sites for hydroxylation is 1. The van der Waals surface area contributed by atoms with Gasteiger partial charge in [-0.05, 0) is 18.9 Å². The predicted octanol–water partition coefficient (Wildman–Crippen LogP) is 6.37. The van der Waals surface area contributed by atoms with Crippen LogP contribution in [0.4, 0.5) is 75.2 Å². The number of primary amides is 1.